The third-order valence-corrected chi connectivity index (χ3v) is 1.80. The van der Waals surface area contributed by atoms with Gasteiger partial charge in [-0.15, -0.1) is 0 Å². The third-order valence-electron chi connectivity index (χ3n) is 1.80. The van der Waals surface area contributed by atoms with Gasteiger partial charge in [0.25, 0.3) is 5.91 Å². The number of hydrogen-bond acceptors (Lipinski definition) is 2. The van der Waals surface area contributed by atoms with E-state index in [9.17, 15) is 9.59 Å². The highest BCUT2D eigenvalue weighted by molar-refractivity contribution is 5.91. The van der Waals surface area contributed by atoms with E-state index in [0.29, 0.717) is 18.7 Å². The lowest BCUT2D eigenvalue weighted by Gasteiger charge is -2.04. The van der Waals surface area contributed by atoms with Gasteiger partial charge in [0, 0.05) is 12.7 Å². The van der Waals surface area contributed by atoms with E-state index in [1.54, 1.807) is 22.9 Å². The van der Waals surface area contributed by atoms with E-state index in [2.05, 4.69) is 0 Å². The Bertz CT molecular complexity index is 344. The van der Waals surface area contributed by atoms with Gasteiger partial charge in [-0.3, -0.25) is 9.59 Å². The summed E-state index contributed by atoms with van der Waals surface area (Å²) < 4.78 is 1.68. The maximum absolute atomic E-state index is 10.9. The van der Waals surface area contributed by atoms with Gasteiger partial charge >= 0.3 is 0 Å². The lowest BCUT2D eigenvalue weighted by Crippen LogP contribution is -2.18. The minimum atomic E-state index is -0.478. The Kier molecular flexibility index (Phi) is 3.28. The Morgan fingerprint density at radius 1 is 1.43 bits per heavy atom. The number of hydrogen-bond donors (Lipinski definition) is 2. The highest BCUT2D eigenvalue weighted by Gasteiger charge is 2.06. The Balaban J connectivity index is 2.54. The molecular formula is C9H12N3O2. The molecule has 0 atom stereocenters. The summed E-state index contributed by atoms with van der Waals surface area (Å²) in [5.41, 5.74) is 10.5. The van der Waals surface area contributed by atoms with E-state index in [0.717, 1.165) is 0 Å². The number of nitrogens with zero attached hydrogens (tertiary/aromatic N) is 1. The molecule has 5 heteroatoms. The van der Waals surface area contributed by atoms with Crippen molar-refractivity contribution in [3.8, 4) is 0 Å². The molecular weight excluding hydrogens is 182 g/mol. The Hall–Kier alpha value is -1.78. The Morgan fingerprint density at radius 3 is 2.71 bits per heavy atom. The molecule has 4 N–H and O–H groups in total. The number of carbonyl (C=O) groups excluding carboxylic acids is 2. The summed E-state index contributed by atoms with van der Waals surface area (Å²) in [6, 6.07) is 3.36. The molecule has 0 unspecified atom stereocenters. The molecule has 1 aromatic heterocycles. The highest BCUT2D eigenvalue weighted by atomic mass is 16.1. The number of rotatable bonds is 5. The molecule has 1 rings (SSSR count). The molecule has 0 aliphatic rings. The molecule has 0 saturated carbocycles. The zero-order chi connectivity index (χ0) is 10.6. The van der Waals surface area contributed by atoms with Crippen molar-refractivity contribution in [2.45, 2.75) is 13.0 Å². The molecule has 0 spiro atoms. The van der Waals surface area contributed by atoms with E-state index in [1.165, 1.54) is 6.42 Å². The fourth-order valence-electron chi connectivity index (χ4n) is 1.18. The second kappa shape index (κ2) is 4.45. The first kappa shape index (κ1) is 10.3. The molecule has 0 aliphatic heterocycles. The zero-order valence-electron chi connectivity index (χ0n) is 7.64. The average molecular weight is 194 g/mol. The van der Waals surface area contributed by atoms with Crippen LogP contribution in [0.25, 0.3) is 0 Å². The number of amides is 2. The molecule has 5 nitrogen and oxygen atoms in total. The number of aryl methyl sites for hydroxylation is 1. The second-order valence-corrected chi connectivity index (χ2v) is 2.85. The molecule has 0 fully saturated rings. The number of nitrogens with two attached hydrogens (primary N) is 2. The monoisotopic (exact) mass is 194 g/mol. The Labute approximate surface area is 81.7 Å². The van der Waals surface area contributed by atoms with Crippen LogP contribution < -0.4 is 11.5 Å². The van der Waals surface area contributed by atoms with Crippen LogP contribution in [-0.4, -0.2) is 16.4 Å². The zero-order valence-corrected chi connectivity index (χ0v) is 7.64. The van der Waals surface area contributed by atoms with E-state index in [4.69, 9.17) is 11.5 Å². The standard InChI is InChI=1S/C9H12N3O2/c10-8(13)4-2-6-12-5-1-3-7(12)9(11)14/h1,3-5H,2,6H2,(H2,10,13)(H2,11,14). The second-order valence-electron chi connectivity index (χ2n) is 2.85. The number of carbonyl (C=O) groups is 2. The molecule has 14 heavy (non-hydrogen) atoms. The summed E-state index contributed by atoms with van der Waals surface area (Å²) in [5, 5.41) is 0. The quantitative estimate of drug-likeness (QED) is 0.671. The minimum Gasteiger partial charge on any atom is -0.369 e. The van der Waals surface area contributed by atoms with E-state index < -0.39 is 11.8 Å². The van der Waals surface area contributed by atoms with E-state index in [-0.39, 0.29) is 0 Å². The van der Waals surface area contributed by atoms with Gasteiger partial charge < -0.3 is 16.0 Å². The smallest absolute Gasteiger partial charge is 0.265 e. The lowest BCUT2D eigenvalue weighted by molar-refractivity contribution is -0.115. The fraction of sp³-hybridized carbons (Fsp3) is 0.222. The van der Waals surface area contributed by atoms with Crippen molar-refractivity contribution in [2.24, 2.45) is 11.5 Å². The van der Waals surface area contributed by atoms with E-state index in [1.807, 2.05) is 0 Å². The van der Waals surface area contributed by atoms with Crippen molar-refractivity contribution < 1.29 is 9.59 Å². The molecule has 1 aromatic rings. The largest absolute Gasteiger partial charge is 0.369 e. The predicted octanol–water partition coefficient (Wildman–Crippen LogP) is -0.333. The van der Waals surface area contributed by atoms with Crippen LogP contribution in [0.1, 0.15) is 16.9 Å². The lowest BCUT2D eigenvalue weighted by atomic mass is 10.3. The van der Waals surface area contributed by atoms with Crippen molar-refractivity contribution in [3.63, 3.8) is 0 Å². The van der Waals surface area contributed by atoms with Gasteiger partial charge in [0.2, 0.25) is 5.91 Å². The maximum atomic E-state index is 10.9. The van der Waals surface area contributed by atoms with Gasteiger partial charge in [-0.1, -0.05) is 0 Å². The third kappa shape index (κ3) is 2.62. The van der Waals surface area contributed by atoms with Crippen LogP contribution in [0, 0.1) is 6.42 Å². The van der Waals surface area contributed by atoms with Crippen LogP contribution in [0.15, 0.2) is 18.3 Å². The number of aromatic nitrogens is 1. The van der Waals surface area contributed by atoms with Gasteiger partial charge in [-0.05, 0) is 18.6 Å². The summed E-state index contributed by atoms with van der Waals surface area (Å²) in [4.78, 5) is 21.3. The van der Waals surface area contributed by atoms with Crippen molar-refractivity contribution in [1.29, 1.82) is 0 Å². The predicted molar refractivity (Wildman–Crippen MR) is 51.1 cm³/mol. The molecule has 0 aromatic carbocycles. The normalized spacial score (nSPS) is 10.0. The van der Waals surface area contributed by atoms with Crippen molar-refractivity contribution in [1.82, 2.24) is 4.57 Å². The average Bonchev–Trinajstić information content (AvgIpc) is 2.51. The topological polar surface area (TPSA) is 91.1 Å². The molecule has 0 aliphatic carbocycles. The molecule has 0 saturated heterocycles. The van der Waals surface area contributed by atoms with Crippen molar-refractivity contribution in [3.05, 3.63) is 30.4 Å². The molecule has 1 radical (unpaired) electrons. The fourth-order valence-corrected chi connectivity index (χ4v) is 1.18. The van der Waals surface area contributed by atoms with Crippen LogP contribution >= 0.6 is 0 Å². The molecule has 75 valence electrons. The summed E-state index contributed by atoms with van der Waals surface area (Å²) in [7, 11) is 0. The van der Waals surface area contributed by atoms with Crippen LogP contribution in [0.3, 0.4) is 0 Å². The van der Waals surface area contributed by atoms with Crippen molar-refractivity contribution in [2.75, 3.05) is 0 Å². The highest BCUT2D eigenvalue weighted by Crippen LogP contribution is 2.03. The number of primary amides is 2. The molecule has 2 amide bonds. The first-order valence-corrected chi connectivity index (χ1v) is 4.19. The van der Waals surface area contributed by atoms with E-state index >= 15 is 0 Å². The summed E-state index contributed by atoms with van der Waals surface area (Å²) in [6.45, 7) is 0.522. The first-order valence-electron chi connectivity index (χ1n) is 4.19. The maximum Gasteiger partial charge on any atom is 0.265 e. The Morgan fingerprint density at radius 2 is 2.14 bits per heavy atom. The van der Waals surface area contributed by atoms with Gasteiger partial charge in [0.15, 0.2) is 0 Å². The summed E-state index contributed by atoms with van der Waals surface area (Å²) in [6.07, 6.45) is 3.59. The molecule has 1 heterocycles. The SMILES string of the molecule is NC(=O)[CH]CCn1cccc1C(N)=O. The van der Waals surface area contributed by atoms with Gasteiger partial charge in [-0.2, -0.15) is 0 Å². The van der Waals surface area contributed by atoms with Gasteiger partial charge in [-0.25, -0.2) is 0 Å². The molecule has 0 bridgehead atoms. The van der Waals surface area contributed by atoms with Crippen LogP contribution in [0.2, 0.25) is 0 Å². The van der Waals surface area contributed by atoms with Gasteiger partial charge in [0.05, 0.1) is 6.42 Å². The summed E-state index contributed by atoms with van der Waals surface area (Å²) in [5.74, 6) is -0.938. The van der Waals surface area contributed by atoms with Crippen LogP contribution in [0.5, 0.6) is 0 Å². The first-order chi connectivity index (χ1) is 6.61. The van der Waals surface area contributed by atoms with Crippen molar-refractivity contribution >= 4 is 11.8 Å². The van der Waals surface area contributed by atoms with Crippen LogP contribution in [0.4, 0.5) is 0 Å². The van der Waals surface area contributed by atoms with Gasteiger partial charge in [0.1, 0.15) is 5.69 Å². The minimum absolute atomic E-state index is 0.433. The van der Waals surface area contributed by atoms with Crippen LogP contribution in [-0.2, 0) is 11.3 Å². The summed E-state index contributed by atoms with van der Waals surface area (Å²) >= 11 is 0.